The fourth-order valence-corrected chi connectivity index (χ4v) is 3.30. The topological polar surface area (TPSA) is 58.4 Å². The first-order valence-corrected chi connectivity index (χ1v) is 8.54. The second-order valence-corrected chi connectivity index (χ2v) is 6.65. The number of hydrogen-bond acceptors (Lipinski definition) is 3. The first kappa shape index (κ1) is 16.5. The number of hydrogen-bond donors (Lipinski definition) is 2. The molecular formula is C20H25N3O. The van der Waals surface area contributed by atoms with Crippen LogP contribution in [-0.2, 0) is 6.54 Å². The van der Waals surface area contributed by atoms with Crippen LogP contribution in [0.3, 0.4) is 0 Å². The van der Waals surface area contributed by atoms with Crippen molar-refractivity contribution in [3.05, 3.63) is 65.7 Å². The molecule has 1 saturated heterocycles. The van der Waals surface area contributed by atoms with Crippen molar-refractivity contribution in [1.29, 1.82) is 0 Å². The summed E-state index contributed by atoms with van der Waals surface area (Å²) in [5, 5.41) is 3.14. The molecule has 1 aliphatic heterocycles. The molecule has 0 aliphatic carbocycles. The lowest BCUT2D eigenvalue weighted by Gasteiger charge is -2.22. The maximum Gasteiger partial charge on any atom is 0.251 e. The highest BCUT2D eigenvalue weighted by atomic mass is 16.1. The van der Waals surface area contributed by atoms with Crippen LogP contribution in [0, 0.1) is 5.92 Å². The van der Waals surface area contributed by atoms with Crippen molar-refractivity contribution in [2.45, 2.75) is 25.9 Å². The van der Waals surface area contributed by atoms with Crippen LogP contribution in [0.25, 0.3) is 0 Å². The minimum Gasteiger partial charge on any atom is -0.399 e. The second kappa shape index (κ2) is 7.49. The number of nitrogen functional groups attached to an aromatic ring is 1. The highest BCUT2D eigenvalue weighted by molar-refractivity contribution is 5.94. The van der Waals surface area contributed by atoms with Gasteiger partial charge in [0.25, 0.3) is 5.91 Å². The molecule has 1 fully saturated rings. The molecule has 24 heavy (non-hydrogen) atoms. The van der Waals surface area contributed by atoms with Crippen LogP contribution in [0.1, 0.15) is 29.3 Å². The third-order valence-electron chi connectivity index (χ3n) is 4.80. The zero-order chi connectivity index (χ0) is 16.9. The van der Waals surface area contributed by atoms with Crippen LogP contribution >= 0.6 is 0 Å². The van der Waals surface area contributed by atoms with Gasteiger partial charge in [0, 0.05) is 30.4 Å². The second-order valence-electron chi connectivity index (χ2n) is 6.65. The molecule has 0 spiro atoms. The monoisotopic (exact) mass is 323 g/mol. The molecule has 4 nitrogen and oxygen atoms in total. The van der Waals surface area contributed by atoms with Crippen molar-refractivity contribution < 1.29 is 4.79 Å². The van der Waals surface area contributed by atoms with E-state index in [9.17, 15) is 4.79 Å². The summed E-state index contributed by atoms with van der Waals surface area (Å²) in [6, 6.07) is 17.8. The molecule has 1 aliphatic rings. The van der Waals surface area contributed by atoms with Crippen LogP contribution in [0.15, 0.2) is 54.6 Å². The molecule has 0 radical (unpaired) electrons. The van der Waals surface area contributed by atoms with Gasteiger partial charge in [0.05, 0.1) is 0 Å². The number of rotatable bonds is 5. The summed E-state index contributed by atoms with van der Waals surface area (Å²) in [6.45, 7) is 5.20. The van der Waals surface area contributed by atoms with E-state index in [1.165, 1.54) is 5.56 Å². The zero-order valence-corrected chi connectivity index (χ0v) is 14.1. The Balaban J connectivity index is 1.51. The van der Waals surface area contributed by atoms with E-state index in [1.54, 1.807) is 24.3 Å². The van der Waals surface area contributed by atoms with Gasteiger partial charge in [-0.3, -0.25) is 9.69 Å². The Labute approximate surface area is 143 Å². The van der Waals surface area contributed by atoms with Gasteiger partial charge in [-0.25, -0.2) is 0 Å². The molecule has 3 rings (SSSR count). The number of carbonyl (C=O) groups excluding carboxylic acids is 1. The van der Waals surface area contributed by atoms with Gasteiger partial charge in [-0.1, -0.05) is 30.3 Å². The Morgan fingerprint density at radius 1 is 1.21 bits per heavy atom. The van der Waals surface area contributed by atoms with Crippen molar-refractivity contribution in [3.8, 4) is 0 Å². The van der Waals surface area contributed by atoms with Crippen LogP contribution in [0.2, 0.25) is 0 Å². The lowest BCUT2D eigenvalue weighted by molar-refractivity contribution is 0.0927. The van der Waals surface area contributed by atoms with E-state index in [0.717, 1.165) is 26.1 Å². The first-order chi connectivity index (χ1) is 11.6. The van der Waals surface area contributed by atoms with Crippen molar-refractivity contribution >= 4 is 11.6 Å². The summed E-state index contributed by atoms with van der Waals surface area (Å²) < 4.78 is 0. The van der Waals surface area contributed by atoms with Crippen molar-refractivity contribution in [3.63, 3.8) is 0 Å². The Morgan fingerprint density at radius 2 is 1.92 bits per heavy atom. The van der Waals surface area contributed by atoms with Gasteiger partial charge in [0.2, 0.25) is 0 Å². The average molecular weight is 323 g/mol. The van der Waals surface area contributed by atoms with E-state index in [-0.39, 0.29) is 11.9 Å². The molecular weight excluding hydrogens is 298 g/mol. The molecule has 2 atom stereocenters. The van der Waals surface area contributed by atoms with E-state index in [2.05, 4.69) is 41.4 Å². The van der Waals surface area contributed by atoms with E-state index < -0.39 is 0 Å². The van der Waals surface area contributed by atoms with E-state index >= 15 is 0 Å². The molecule has 0 bridgehead atoms. The maximum absolute atomic E-state index is 12.3. The van der Waals surface area contributed by atoms with Gasteiger partial charge in [-0.2, -0.15) is 0 Å². The fraction of sp³-hybridized carbons (Fsp3) is 0.350. The minimum atomic E-state index is -0.0241. The summed E-state index contributed by atoms with van der Waals surface area (Å²) in [4.78, 5) is 14.8. The summed E-state index contributed by atoms with van der Waals surface area (Å²) in [5.74, 6) is 0.468. The van der Waals surface area contributed by atoms with Gasteiger partial charge in [-0.05, 0) is 55.6 Å². The SMILES string of the molecule is CC(NC(=O)c1ccc(N)cc1)C1CCN(Cc2ccccc2)C1. The minimum absolute atomic E-state index is 0.0241. The Kier molecular flexibility index (Phi) is 5.16. The van der Waals surface area contributed by atoms with Gasteiger partial charge in [-0.15, -0.1) is 0 Å². The number of nitrogens with two attached hydrogens (primary N) is 1. The molecule has 2 aromatic carbocycles. The van der Waals surface area contributed by atoms with Gasteiger partial charge in [0.1, 0.15) is 0 Å². The number of amides is 1. The third kappa shape index (κ3) is 4.15. The van der Waals surface area contributed by atoms with Crippen molar-refractivity contribution in [1.82, 2.24) is 10.2 Å². The first-order valence-electron chi connectivity index (χ1n) is 8.54. The summed E-state index contributed by atoms with van der Waals surface area (Å²) in [6.07, 6.45) is 1.12. The lowest BCUT2D eigenvalue weighted by atomic mass is 10.00. The van der Waals surface area contributed by atoms with Crippen LogP contribution in [0.4, 0.5) is 5.69 Å². The fourth-order valence-electron chi connectivity index (χ4n) is 3.30. The molecule has 1 amide bonds. The van der Waals surface area contributed by atoms with E-state index in [0.29, 0.717) is 17.2 Å². The lowest BCUT2D eigenvalue weighted by Crippen LogP contribution is -2.39. The summed E-state index contributed by atoms with van der Waals surface area (Å²) in [7, 11) is 0. The number of anilines is 1. The number of nitrogens with zero attached hydrogens (tertiary/aromatic N) is 1. The number of benzene rings is 2. The highest BCUT2D eigenvalue weighted by Gasteiger charge is 2.28. The Bertz CT molecular complexity index is 669. The maximum atomic E-state index is 12.3. The molecule has 2 aromatic rings. The normalized spacial score (nSPS) is 19.1. The van der Waals surface area contributed by atoms with Gasteiger partial charge >= 0.3 is 0 Å². The molecule has 0 aromatic heterocycles. The summed E-state index contributed by atoms with van der Waals surface area (Å²) in [5.41, 5.74) is 8.35. The van der Waals surface area contributed by atoms with Crippen LogP contribution in [-0.4, -0.2) is 29.9 Å². The molecule has 0 saturated carbocycles. The summed E-state index contributed by atoms with van der Waals surface area (Å²) >= 11 is 0. The average Bonchev–Trinajstić information content (AvgIpc) is 3.05. The quantitative estimate of drug-likeness (QED) is 0.832. The van der Waals surface area contributed by atoms with Crippen LogP contribution < -0.4 is 11.1 Å². The molecule has 126 valence electrons. The number of likely N-dealkylation sites (tertiary alicyclic amines) is 1. The highest BCUT2D eigenvalue weighted by Crippen LogP contribution is 2.22. The third-order valence-corrected chi connectivity index (χ3v) is 4.80. The number of nitrogens with one attached hydrogen (secondary N) is 1. The largest absolute Gasteiger partial charge is 0.399 e. The number of carbonyl (C=O) groups is 1. The molecule has 2 unspecified atom stereocenters. The molecule has 3 N–H and O–H groups in total. The van der Waals surface area contributed by atoms with Crippen LogP contribution in [0.5, 0.6) is 0 Å². The Hall–Kier alpha value is -2.33. The van der Waals surface area contributed by atoms with E-state index in [4.69, 9.17) is 5.73 Å². The standard InChI is InChI=1S/C20H25N3O/c1-15(22-20(24)17-7-9-19(21)10-8-17)18-11-12-23(14-18)13-16-5-3-2-4-6-16/h2-10,15,18H,11-14,21H2,1H3,(H,22,24). The van der Waals surface area contributed by atoms with Gasteiger partial charge < -0.3 is 11.1 Å². The predicted octanol–water partition coefficient (Wildman–Crippen LogP) is 2.91. The zero-order valence-electron chi connectivity index (χ0n) is 14.1. The van der Waals surface area contributed by atoms with Gasteiger partial charge in [0.15, 0.2) is 0 Å². The molecule has 1 heterocycles. The Morgan fingerprint density at radius 3 is 2.62 bits per heavy atom. The molecule has 4 heteroatoms. The van der Waals surface area contributed by atoms with Crippen molar-refractivity contribution in [2.75, 3.05) is 18.8 Å². The predicted molar refractivity (Wildman–Crippen MR) is 97.6 cm³/mol. The van der Waals surface area contributed by atoms with Crippen molar-refractivity contribution in [2.24, 2.45) is 5.92 Å². The van der Waals surface area contributed by atoms with E-state index in [1.807, 2.05) is 6.07 Å². The smallest absolute Gasteiger partial charge is 0.251 e.